The Labute approximate surface area is 151 Å². The Balaban J connectivity index is 2.21. The highest BCUT2D eigenvalue weighted by Gasteiger charge is 2.40. The minimum absolute atomic E-state index is 0.105. The maximum Gasteiger partial charge on any atom is 0.194 e. The van der Waals surface area contributed by atoms with Gasteiger partial charge >= 0.3 is 0 Å². The molecule has 1 aromatic carbocycles. The number of sulfone groups is 1. The Morgan fingerprint density at radius 2 is 2.17 bits per heavy atom. The molecule has 0 bridgehead atoms. The van der Waals surface area contributed by atoms with Gasteiger partial charge < -0.3 is 10.2 Å². The summed E-state index contributed by atoms with van der Waals surface area (Å²) in [5.41, 5.74) is 0.745. The first-order chi connectivity index (χ1) is 11.2. The first-order valence-corrected chi connectivity index (χ1v) is 10.3. The van der Waals surface area contributed by atoms with Gasteiger partial charge in [-0.1, -0.05) is 15.9 Å². The lowest BCUT2D eigenvalue weighted by Crippen LogP contribution is -2.57. The molecule has 1 heterocycles. The molecule has 0 amide bonds. The summed E-state index contributed by atoms with van der Waals surface area (Å²) >= 11 is 3.40. The van der Waals surface area contributed by atoms with Crippen molar-refractivity contribution in [2.24, 2.45) is 4.99 Å². The molecule has 1 aliphatic rings. The normalized spacial score (nSPS) is 20.0. The third-order valence-electron chi connectivity index (χ3n) is 4.08. The zero-order chi connectivity index (χ0) is 18.0. The van der Waals surface area contributed by atoms with E-state index in [0.717, 1.165) is 10.0 Å². The van der Waals surface area contributed by atoms with Gasteiger partial charge in [0.05, 0.1) is 17.0 Å². The number of halogens is 2. The minimum Gasteiger partial charge on any atom is -0.357 e. The van der Waals surface area contributed by atoms with Gasteiger partial charge in [0.25, 0.3) is 0 Å². The van der Waals surface area contributed by atoms with Crippen LogP contribution >= 0.6 is 15.9 Å². The second-order valence-corrected chi connectivity index (χ2v) is 10.0. The molecule has 0 spiro atoms. The molecule has 2 rings (SSSR count). The summed E-state index contributed by atoms with van der Waals surface area (Å²) < 4.78 is 37.7. The number of hydrogen-bond donors (Lipinski definition) is 1. The molecule has 0 atom stereocenters. The zero-order valence-corrected chi connectivity index (χ0v) is 16.5. The number of benzene rings is 1. The summed E-state index contributed by atoms with van der Waals surface area (Å²) in [4.78, 5) is 6.52. The number of aliphatic imine (C=N–C) groups is 1. The number of rotatable bonds is 3. The van der Waals surface area contributed by atoms with Gasteiger partial charge in [0.15, 0.2) is 15.8 Å². The minimum atomic E-state index is -3.10. The van der Waals surface area contributed by atoms with E-state index >= 15 is 0 Å². The highest BCUT2D eigenvalue weighted by atomic mass is 79.9. The predicted octanol–water partition coefficient (Wildman–Crippen LogP) is 2.56. The summed E-state index contributed by atoms with van der Waals surface area (Å²) in [6.45, 7) is 7.20. The summed E-state index contributed by atoms with van der Waals surface area (Å²) in [5, 5.41) is 3.19. The molecule has 134 valence electrons. The van der Waals surface area contributed by atoms with Crippen LogP contribution in [-0.2, 0) is 16.4 Å². The molecule has 1 saturated heterocycles. The number of hydrogen-bond acceptors (Lipinski definition) is 3. The van der Waals surface area contributed by atoms with E-state index in [1.807, 2.05) is 11.8 Å². The molecule has 1 aromatic rings. The predicted molar refractivity (Wildman–Crippen MR) is 98.4 cm³/mol. The van der Waals surface area contributed by atoms with Gasteiger partial charge in [-0.15, -0.1) is 0 Å². The van der Waals surface area contributed by atoms with Gasteiger partial charge in [-0.3, -0.25) is 0 Å². The Hall–Kier alpha value is -1.15. The average Bonchev–Trinajstić information content (AvgIpc) is 2.49. The molecular weight excluding hydrogens is 397 g/mol. The van der Waals surface area contributed by atoms with Gasteiger partial charge in [-0.25, -0.2) is 17.8 Å². The van der Waals surface area contributed by atoms with Gasteiger partial charge in [-0.2, -0.15) is 0 Å². The van der Waals surface area contributed by atoms with Crippen LogP contribution < -0.4 is 5.32 Å². The largest absolute Gasteiger partial charge is 0.357 e. The van der Waals surface area contributed by atoms with E-state index in [1.165, 1.54) is 12.1 Å². The molecule has 1 N–H and O–H groups in total. The van der Waals surface area contributed by atoms with Crippen LogP contribution in [0.5, 0.6) is 0 Å². The molecule has 0 radical (unpaired) electrons. The quantitative estimate of drug-likeness (QED) is 0.603. The molecule has 24 heavy (non-hydrogen) atoms. The monoisotopic (exact) mass is 419 g/mol. The van der Waals surface area contributed by atoms with Crippen LogP contribution in [0.3, 0.4) is 0 Å². The fourth-order valence-corrected chi connectivity index (χ4v) is 4.31. The van der Waals surface area contributed by atoms with Crippen LogP contribution in [0.25, 0.3) is 0 Å². The van der Waals surface area contributed by atoms with E-state index in [9.17, 15) is 12.8 Å². The van der Waals surface area contributed by atoms with Crippen LogP contribution in [0.2, 0.25) is 0 Å². The molecule has 5 nitrogen and oxygen atoms in total. The highest BCUT2D eigenvalue weighted by molar-refractivity contribution is 9.10. The van der Waals surface area contributed by atoms with Crippen molar-refractivity contribution in [3.8, 4) is 0 Å². The average molecular weight is 420 g/mol. The third kappa shape index (κ3) is 4.27. The number of nitrogens with zero attached hydrogens (tertiary/aromatic N) is 2. The third-order valence-corrected chi connectivity index (χ3v) is 7.39. The molecule has 1 fully saturated rings. The van der Waals surface area contributed by atoms with E-state index in [-0.39, 0.29) is 11.6 Å². The molecule has 1 aliphatic heterocycles. The van der Waals surface area contributed by atoms with Gasteiger partial charge in [0, 0.05) is 24.1 Å². The highest BCUT2D eigenvalue weighted by Crippen LogP contribution is 2.24. The van der Waals surface area contributed by atoms with Crippen molar-refractivity contribution in [1.82, 2.24) is 10.2 Å². The lowest BCUT2D eigenvalue weighted by atomic mass is 10.2. The lowest BCUT2D eigenvalue weighted by molar-refractivity contribution is 0.353. The molecule has 0 unspecified atom stereocenters. The topological polar surface area (TPSA) is 61.8 Å². The van der Waals surface area contributed by atoms with Crippen LogP contribution in [0, 0.1) is 5.82 Å². The van der Waals surface area contributed by atoms with Crippen molar-refractivity contribution in [2.45, 2.75) is 32.1 Å². The Morgan fingerprint density at radius 3 is 2.79 bits per heavy atom. The summed E-state index contributed by atoms with van der Waals surface area (Å²) in [6.07, 6.45) is 0. The maximum atomic E-state index is 13.4. The molecule has 0 aliphatic carbocycles. The Kier molecular flexibility index (Phi) is 5.91. The summed E-state index contributed by atoms with van der Waals surface area (Å²) in [7, 11) is -3.10. The fourth-order valence-electron chi connectivity index (χ4n) is 2.57. The molecule has 0 saturated carbocycles. The number of guanidine groups is 1. The van der Waals surface area contributed by atoms with Crippen molar-refractivity contribution >= 4 is 31.7 Å². The molecule has 8 heteroatoms. The molecular formula is C16H23BrFN3O2S. The zero-order valence-electron chi connectivity index (χ0n) is 14.1. The van der Waals surface area contributed by atoms with Gasteiger partial charge in [0.1, 0.15) is 5.82 Å². The van der Waals surface area contributed by atoms with Crippen LogP contribution in [0.15, 0.2) is 27.7 Å². The van der Waals surface area contributed by atoms with Crippen LogP contribution in [0.1, 0.15) is 26.3 Å². The van der Waals surface area contributed by atoms with Crippen LogP contribution in [0.4, 0.5) is 4.39 Å². The second kappa shape index (κ2) is 7.39. The van der Waals surface area contributed by atoms with E-state index in [0.29, 0.717) is 32.1 Å². The fraction of sp³-hybridized carbons (Fsp3) is 0.562. The molecule has 0 aromatic heterocycles. The van der Waals surface area contributed by atoms with Crippen molar-refractivity contribution in [1.29, 1.82) is 0 Å². The lowest BCUT2D eigenvalue weighted by Gasteiger charge is -2.39. The Bertz CT molecular complexity index is 735. The Morgan fingerprint density at radius 1 is 1.46 bits per heavy atom. The van der Waals surface area contributed by atoms with E-state index < -0.39 is 14.6 Å². The van der Waals surface area contributed by atoms with Gasteiger partial charge in [-0.05, 0) is 44.5 Å². The second-order valence-electron chi connectivity index (χ2n) is 6.41. The van der Waals surface area contributed by atoms with E-state index in [2.05, 4.69) is 26.2 Å². The smallest absolute Gasteiger partial charge is 0.194 e. The number of nitrogens with one attached hydrogen (secondary N) is 1. The first-order valence-electron chi connectivity index (χ1n) is 7.86. The van der Waals surface area contributed by atoms with E-state index in [4.69, 9.17) is 0 Å². The van der Waals surface area contributed by atoms with E-state index in [1.54, 1.807) is 19.9 Å². The van der Waals surface area contributed by atoms with Crippen LogP contribution in [-0.4, -0.2) is 49.4 Å². The van der Waals surface area contributed by atoms with Crippen molar-refractivity contribution in [2.75, 3.05) is 25.4 Å². The van der Waals surface area contributed by atoms with Crippen molar-refractivity contribution < 1.29 is 12.8 Å². The first kappa shape index (κ1) is 19.2. The maximum absolute atomic E-state index is 13.4. The standard InChI is InChI=1S/C16H23BrFN3O2S/c1-4-19-15(20-10-12-9-13(18)5-6-14(12)17)21-7-8-24(22,23)16(2,3)11-21/h5-6,9H,4,7-8,10-11H2,1-3H3,(H,19,20). The summed E-state index contributed by atoms with van der Waals surface area (Å²) in [6, 6.07) is 4.49. The van der Waals surface area contributed by atoms with Crippen molar-refractivity contribution in [3.63, 3.8) is 0 Å². The SMILES string of the molecule is CCNC(=NCc1cc(F)ccc1Br)N1CCS(=O)(=O)C(C)(C)C1. The summed E-state index contributed by atoms with van der Waals surface area (Å²) in [5.74, 6) is 0.448. The van der Waals surface area contributed by atoms with Crippen molar-refractivity contribution in [3.05, 3.63) is 34.1 Å². The van der Waals surface area contributed by atoms with Gasteiger partial charge in [0.2, 0.25) is 0 Å².